The van der Waals surface area contributed by atoms with Crippen molar-refractivity contribution in [2.75, 3.05) is 0 Å². The number of nitrogens with zero attached hydrogens (tertiary/aromatic N) is 1. The van der Waals surface area contributed by atoms with E-state index in [1.807, 2.05) is 6.08 Å². The molecule has 0 atom stereocenters. The van der Waals surface area contributed by atoms with Gasteiger partial charge in [0.1, 0.15) is 0 Å². The van der Waals surface area contributed by atoms with Gasteiger partial charge in [-0.1, -0.05) is 32.8 Å². The van der Waals surface area contributed by atoms with Crippen molar-refractivity contribution in [3.8, 4) is 12.3 Å². The molecular formula is C9H13N. The highest BCUT2D eigenvalue weighted by Crippen LogP contribution is 2.13. The number of allylic oxidation sites excluding steroid dienone is 1. The smallest absolute Gasteiger partial charge is 0.0763 e. The van der Waals surface area contributed by atoms with E-state index >= 15 is 0 Å². The maximum atomic E-state index is 4.95. The van der Waals surface area contributed by atoms with Gasteiger partial charge in [-0.2, -0.15) is 0 Å². The van der Waals surface area contributed by atoms with Crippen LogP contribution in [0.15, 0.2) is 17.3 Å². The molecule has 1 nitrogen and oxygen atoms in total. The highest BCUT2D eigenvalue weighted by Gasteiger charge is 2.01. The summed E-state index contributed by atoms with van der Waals surface area (Å²) in [6.45, 7) is 6.32. The van der Waals surface area contributed by atoms with Crippen LogP contribution in [0.1, 0.15) is 20.8 Å². The molecule has 0 aromatic rings. The van der Waals surface area contributed by atoms with E-state index in [0.717, 1.165) is 0 Å². The van der Waals surface area contributed by atoms with Crippen LogP contribution in [0.5, 0.6) is 0 Å². The van der Waals surface area contributed by atoms with Gasteiger partial charge >= 0.3 is 0 Å². The Morgan fingerprint density at radius 3 is 2.40 bits per heavy atom. The SMILES string of the molecule is C#C/C=N/C=C/C(C)(C)C. The molecule has 0 bridgehead atoms. The van der Waals surface area contributed by atoms with Gasteiger partial charge in [0.2, 0.25) is 0 Å². The van der Waals surface area contributed by atoms with Crippen LogP contribution in [0.4, 0.5) is 0 Å². The van der Waals surface area contributed by atoms with Gasteiger partial charge in [0, 0.05) is 6.20 Å². The second-order valence-corrected chi connectivity index (χ2v) is 3.13. The van der Waals surface area contributed by atoms with Crippen molar-refractivity contribution in [1.29, 1.82) is 0 Å². The lowest BCUT2D eigenvalue weighted by molar-refractivity contribution is 0.543. The quantitative estimate of drug-likeness (QED) is 0.386. The molecule has 0 amide bonds. The van der Waals surface area contributed by atoms with Crippen molar-refractivity contribution >= 4 is 6.21 Å². The standard InChI is InChI=1S/C9H13N/c1-5-7-10-8-6-9(2,3)4/h1,6-8H,2-4H3/b8-6+,10-7+. The molecule has 1 heteroatoms. The van der Waals surface area contributed by atoms with Gasteiger partial charge in [0.05, 0.1) is 6.21 Å². The Morgan fingerprint density at radius 2 is 2.00 bits per heavy atom. The molecular weight excluding hydrogens is 122 g/mol. The fourth-order valence-electron chi connectivity index (χ4n) is 0.353. The summed E-state index contributed by atoms with van der Waals surface area (Å²) in [5.74, 6) is 2.31. The van der Waals surface area contributed by atoms with Gasteiger partial charge in [0.15, 0.2) is 0 Å². The average molecular weight is 135 g/mol. The summed E-state index contributed by atoms with van der Waals surface area (Å²) in [4.78, 5) is 3.83. The molecule has 10 heavy (non-hydrogen) atoms. The summed E-state index contributed by atoms with van der Waals surface area (Å²) in [6, 6.07) is 0. The minimum atomic E-state index is 0.186. The Morgan fingerprint density at radius 1 is 1.40 bits per heavy atom. The number of rotatable bonds is 1. The molecule has 0 unspecified atom stereocenters. The summed E-state index contributed by atoms with van der Waals surface area (Å²) in [5, 5.41) is 0. The van der Waals surface area contributed by atoms with Crippen LogP contribution in [0, 0.1) is 17.8 Å². The molecule has 0 aliphatic heterocycles. The minimum absolute atomic E-state index is 0.186. The van der Waals surface area contributed by atoms with E-state index in [2.05, 4.69) is 31.7 Å². The Bertz CT molecular complexity index is 174. The maximum Gasteiger partial charge on any atom is 0.0763 e. The van der Waals surface area contributed by atoms with Crippen LogP contribution < -0.4 is 0 Å². The van der Waals surface area contributed by atoms with Gasteiger partial charge in [-0.25, -0.2) is 0 Å². The minimum Gasteiger partial charge on any atom is -0.256 e. The van der Waals surface area contributed by atoms with E-state index in [1.54, 1.807) is 6.20 Å². The monoisotopic (exact) mass is 135 g/mol. The molecule has 0 radical (unpaired) electrons. The molecule has 0 N–H and O–H groups in total. The first-order valence-corrected chi connectivity index (χ1v) is 3.22. The Labute approximate surface area is 62.9 Å². The van der Waals surface area contributed by atoms with Crippen molar-refractivity contribution < 1.29 is 0 Å². The lowest BCUT2D eigenvalue weighted by Crippen LogP contribution is -1.97. The molecule has 54 valence electrons. The van der Waals surface area contributed by atoms with Gasteiger partial charge in [-0.3, -0.25) is 4.99 Å². The van der Waals surface area contributed by atoms with Crippen LogP contribution in [0.25, 0.3) is 0 Å². The summed E-state index contributed by atoms with van der Waals surface area (Å²) in [5.41, 5.74) is 0.186. The third kappa shape index (κ3) is 6.97. The van der Waals surface area contributed by atoms with E-state index in [0.29, 0.717) is 0 Å². The maximum absolute atomic E-state index is 4.95. The summed E-state index contributed by atoms with van der Waals surface area (Å²) in [7, 11) is 0. The van der Waals surface area contributed by atoms with E-state index in [9.17, 15) is 0 Å². The predicted octanol–water partition coefficient (Wildman–Crippen LogP) is 2.25. The molecule has 0 heterocycles. The fourth-order valence-corrected chi connectivity index (χ4v) is 0.353. The Hall–Kier alpha value is -1.03. The molecule has 0 rings (SSSR count). The Balaban J connectivity index is 3.81. The highest BCUT2D eigenvalue weighted by molar-refractivity contribution is 5.77. The van der Waals surface area contributed by atoms with Gasteiger partial charge in [-0.15, -0.1) is 6.42 Å². The lowest BCUT2D eigenvalue weighted by atomic mass is 9.97. The summed E-state index contributed by atoms with van der Waals surface area (Å²) in [6.07, 6.45) is 10.1. The Kier molecular flexibility index (Phi) is 3.49. The van der Waals surface area contributed by atoms with E-state index in [-0.39, 0.29) is 5.41 Å². The first-order chi connectivity index (χ1) is 4.56. The van der Waals surface area contributed by atoms with E-state index in [1.165, 1.54) is 6.21 Å². The van der Waals surface area contributed by atoms with Crippen molar-refractivity contribution in [1.82, 2.24) is 0 Å². The fraction of sp³-hybridized carbons (Fsp3) is 0.444. The van der Waals surface area contributed by atoms with Crippen LogP contribution in [0.2, 0.25) is 0 Å². The predicted molar refractivity (Wildman–Crippen MR) is 45.9 cm³/mol. The largest absolute Gasteiger partial charge is 0.256 e. The first-order valence-electron chi connectivity index (χ1n) is 3.22. The highest BCUT2D eigenvalue weighted by atomic mass is 14.7. The number of aliphatic imine (C=N–C) groups is 1. The molecule has 0 aromatic carbocycles. The topological polar surface area (TPSA) is 12.4 Å². The molecule has 0 saturated heterocycles. The van der Waals surface area contributed by atoms with Crippen LogP contribution in [-0.2, 0) is 0 Å². The normalized spacial score (nSPS) is 12.6. The van der Waals surface area contributed by atoms with Gasteiger partial charge in [-0.05, 0) is 5.41 Å². The molecule has 0 aliphatic rings. The van der Waals surface area contributed by atoms with Crippen LogP contribution in [-0.4, -0.2) is 6.21 Å². The second kappa shape index (κ2) is 3.90. The zero-order valence-corrected chi connectivity index (χ0v) is 6.76. The van der Waals surface area contributed by atoms with E-state index in [4.69, 9.17) is 6.42 Å². The van der Waals surface area contributed by atoms with Crippen molar-refractivity contribution in [3.05, 3.63) is 12.3 Å². The first kappa shape index (κ1) is 8.97. The lowest BCUT2D eigenvalue weighted by Gasteiger charge is -2.09. The molecule has 0 aromatic heterocycles. The number of hydrogen-bond acceptors (Lipinski definition) is 1. The summed E-state index contributed by atoms with van der Waals surface area (Å²) >= 11 is 0. The molecule has 0 spiro atoms. The average Bonchev–Trinajstić information content (AvgIpc) is 1.78. The number of terminal acetylenes is 1. The van der Waals surface area contributed by atoms with Gasteiger partial charge < -0.3 is 0 Å². The second-order valence-electron chi connectivity index (χ2n) is 3.13. The zero-order valence-electron chi connectivity index (χ0n) is 6.76. The van der Waals surface area contributed by atoms with Gasteiger partial charge in [0.25, 0.3) is 0 Å². The number of hydrogen-bond donors (Lipinski definition) is 0. The molecule has 0 fully saturated rings. The van der Waals surface area contributed by atoms with Crippen LogP contribution in [0.3, 0.4) is 0 Å². The molecule has 0 aliphatic carbocycles. The summed E-state index contributed by atoms with van der Waals surface area (Å²) < 4.78 is 0. The van der Waals surface area contributed by atoms with Crippen molar-refractivity contribution in [3.63, 3.8) is 0 Å². The van der Waals surface area contributed by atoms with E-state index < -0.39 is 0 Å². The van der Waals surface area contributed by atoms with Crippen molar-refractivity contribution in [2.45, 2.75) is 20.8 Å². The molecule has 0 saturated carbocycles. The van der Waals surface area contributed by atoms with Crippen LogP contribution >= 0.6 is 0 Å². The third-order valence-electron chi connectivity index (χ3n) is 0.810. The van der Waals surface area contributed by atoms with Crippen molar-refractivity contribution in [2.24, 2.45) is 10.4 Å². The zero-order chi connectivity index (χ0) is 8.04. The third-order valence-corrected chi connectivity index (χ3v) is 0.810.